The maximum absolute atomic E-state index is 12.0. The monoisotopic (exact) mass is 334 g/mol. The van der Waals surface area contributed by atoms with Crippen LogP contribution in [0.25, 0.3) is 0 Å². The minimum atomic E-state index is -0.729. The van der Waals surface area contributed by atoms with Crippen molar-refractivity contribution in [2.24, 2.45) is 0 Å². The molecule has 1 aromatic carbocycles. The van der Waals surface area contributed by atoms with E-state index in [1.54, 1.807) is 6.07 Å². The molecule has 0 saturated heterocycles. The predicted octanol–water partition coefficient (Wildman–Crippen LogP) is 2.23. The van der Waals surface area contributed by atoms with Crippen LogP contribution >= 0.6 is 15.9 Å². The third-order valence-corrected chi connectivity index (χ3v) is 4.15. The van der Waals surface area contributed by atoms with E-state index in [1.807, 2.05) is 24.3 Å². The van der Waals surface area contributed by atoms with Gasteiger partial charge in [-0.1, -0.05) is 28.1 Å². The number of aromatic nitrogens is 2. The molecule has 0 fully saturated rings. The second-order valence-corrected chi connectivity index (χ2v) is 5.97. The van der Waals surface area contributed by atoms with Gasteiger partial charge in [0.05, 0.1) is 18.3 Å². The Balaban J connectivity index is 1.84. The normalized spacial score (nSPS) is 15.1. The minimum Gasteiger partial charge on any atom is -0.386 e. The zero-order valence-electron chi connectivity index (χ0n) is 10.9. The summed E-state index contributed by atoms with van der Waals surface area (Å²) in [6.45, 7) is 0.188. The summed E-state index contributed by atoms with van der Waals surface area (Å²) in [6, 6.07) is 9.08. The van der Waals surface area contributed by atoms with Gasteiger partial charge < -0.3 is 5.11 Å². The first-order valence-corrected chi connectivity index (χ1v) is 7.46. The van der Waals surface area contributed by atoms with E-state index in [-0.39, 0.29) is 12.1 Å². The van der Waals surface area contributed by atoms with Gasteiger partial charge in [-0.15, -0.1) is 0 Å². The number of aliphatic hydroxyl groups excluding tert-OH is 1. The fourth-order valence-electron chi connectivity index (χ4n) is 2.52. The predicted molar refractivity (Wildman–Crippen MR) is 79.6 cm³/mol. The SMILES string of the molecule is O=c1cc2c(nn1CC(O)c1ccc(Br)cc1)CCC2. The smallest absolute Gasteiger partial charge is 0.267 e. The number of hydrogen-bond donors (Lipinski definition) is 1. The van der Waals surface area contributed by atoms with E-state index in [4.69, 9.17) is 0 Å². The fourth-order valence-corrected chi connectivity index (χ4v) is 2.79. The first-order chi connectivity index (χ1) is 9.63. The fraction of sp³-hybridized carbons (Fsp3) is 0.333. The third kappa shape index (κ3) is 2.69. The van der Waals surface area contributed by atoms with Crippen LogP contribution in [0.4, 0.5) is 0 Å². The van der Waals surface area contributed by atoms with Crippen LogP contribution in [-0.2, 0) is 19.4 Å². The van der Waals surface area contributed by atoms with Crippen LogP contribution in [0.5, 0.6) is 0 Å². The van der Waals surface area contributed by atoms with E-state index in [9.17, 15) is 9.90 Å². The Labute approximate surface area is 125 Å². The standard InChI is InChI=1S/C15H15BrN2O2/c16-12-6-4-10(5-7-12)14(19)9-18-15(20)8-11-2-1-3-13(11)17-18/h4-8,14,19H,1-3,9H2. The Bertz CT molecular complexity index is 679. The van der Waals surface area contributed by atoms with E-state index in [0.29, 0.717) is 0 Å². The van der Waals surface area contributed by atoms with Crippen LogP contribution in [0.15, 0.2) is 39.6 Å². The van der Waals surface area contributed by atoms with E-state index in [2.05, 4.69) is 21.0 Å². The van der Waals surface area contributed by atoms with Gasteiger partial charge in [0.15, 0.2) is 0 Å². The molecule has 1 unspecified atom stereocenters. The zero-order chi connectivity index (χ0) is 14.1. The van der Waals surface area contributed by atoms with Crippen LogP contribution in [0, 0.1) is 0 Å². The summed E-state index contributed by atoms with van der Waals surface area (Å²) >= 11 is 3.36. The number of fused-ring (bicyclic) bond motifs is 1. The van der Waals surface area contributed by atoms with Crippen LogP contribution in [-0.4, -0.2) is 14.9 Å². The number of rotatable bonds is 3. The lowest BCUT2D eigenvalue weighted by atomic mass is 10.1. The molecule has 1 aliphatic carbocycles. The summed E-state index contributed by atoms with van der Waals surface area (Å²) in [7, 11) is 0. The Morgan fingerprint density at radius 2 is 2.05 bits per heavy atom. The van der Waals surface area contributed by atoms with Gasteiger partial charge in [-0.3, -0.25) is 4.79 Å². The molecule has 104 valence electrons. The maximum Gasteiger partial charge on any atom is 0.267 e. The largest absolute Gasteiger partial charge is 0.386 e. The molecule has 1 heterocycles. The van der Waals surface area contributed by atoms with Gasteiger partial charge in [-0.25, -0.2) is 4.68 Å². The number of benzene rings is 1. The molecule has 4 nitrogen and oxygen atoms in total. The van der Waals surface area contributed by atoms with Gasteiger partial charge >= 0.3 is 0 Å². The molecule has 3 rings (SSSR count). The summed E-state index contributed by atoms with van der Waals surface area (Å²) in [5.74, 6) is 0. The second kappa shape index (κ2) is 5.50. The molecular formula is C15H15BrN2O2. The highest BCUT2D eigenvalue weighted by Crippen LogP contribution is 2.19. The van der Waals surface area contributed by atoms with E-state index < -0.39 is 6.10 Å². The Morgan fingerprint density at radius 3 is 2.80 bits per heavy atom. The first-order valence-electron chi connectivity index (χ1n) is 6.67. The molecular weight excluding hydrogens is 320 g/mol. The van der Waals surface area contributed by atoms with Crippen LogP contribution in [0.3, 0.4) is 0 Å². The highest BCUT2D eigenvalue weighted by Gasteiger charge is 2.16. The number of nitrogens with zero attached hydrogens (tertiary/aromatic N) is 2. The second-order valence-electron chi connectivity index (χ2n) is 5.06. The lowest BCUT2D eigenvalue weighted by Crippen LogP contribution is -2.26. The lowest BCUT2D eigenvalue weighted by Gasteiger charge is -2.13. The van der Waals surface area contributed by atoms with Crippen molar-refractivity contribution in [3.63, 3.8) is 0 Å². The molecule has 0 saturated carbocycles. The van der Waals surface area contributed by atoms with Crippen LogP contribution in [0.2, 0.25) is 0 Å². The highest BCUT2D eigenvalue weighted by atomic mass is 79.9. The average Bonchev–Trinajstić information content (AvgIpc) is 2.87. The molecule has 1 aromatic heterocycles. The molecule has 0 aliphatic heterocycles. The summed E-state index contributed by atoms with van der Waals surface area (Å²) in [6.07, 6.45) is 2.19. The Hall–Kier alpha value is -1.46. The highest BCUT2D eigenvalue weighted by molar-refractivity contribution is 9.10. The summed E-state index contributed by atoms with van der Waals surface area (Å²) in [4.78, 5) is 12.0. The Morgan fingerprint density at radius 1 is 1.30 bits per heavy atom. The van der Waals surface area contributed by atoms with E-state index >= 15 is 0 Å². The number of aliphatic hydroxyl groups is 1. The van der Waals surface area contributed by atoms with Crippen LogP contribution in [0.1, 0.15) is 29.3 Å². The van der Waals surface area contributed by atoms with Crippen molar-refractivity contribution in [1.82, 2.24) is 9.78 Å². The summed E-state index contributed by atoms with van der Waals surface area (Å²) in [5, 5.41) is 14.6. The van der Waals surface area contributed by atoms with Gasteiger partial charge in [0.25, 0.3) is 5.56 Å². The number of hydrogen-bond acceptors (Lipinski definition) is 3. The molecule has 1 aliphatic rings. The van der Waals surface area contributed by atoms with Crippen molar-refractivity contribution in [2.45, 2.75) is 31.9 Å². The number of aryl methyl sites for hydroxylation is 2. The maximum atomic E-state index is 12.0. The lowest BCUT2D eigenvalue weighted by molar-refractivity contribution is 0.149. The van der Waals surface area contributed by atoms with Crippen molar-refractivity contribution in [2.75, 3.05) is 0 Å². The molecule has 1 atom stereocenters. The van der Waals surface area contributed by atoms with Gasteiger partial charge in [0, 0.05) is 10.5 Å². The Kier molecular flexibility index (Phi) is 3.72. The third-order valence-electron chi connectivity index (χ3n) is 3.62. The van der Waals surface area contributed by atoms with Crippen molar-refractivity contribution >= 4 is 15.9 Å². The molecule has 2 aromatic rings. The molecule has 0 spiro atoms. The quantitative estimate of drug-likeness (QED) is 0.936. The summed E-state index contributed by atoms with van der Waals surface area (Å²) in [5.41, 5.74) is 2.70. The van der Waals surface area contributed by atoms with E-state index in [1.165, 1.54) is 4.68 Å². The molecule has 0 radical (unpaired) electrons. The molecule has 5 heteroatoms. The van der Waals surface area contributed by atoms with Crippen molar-refractivity contribution in [1.29, 1.82) is 0 Å². The molecule has 0 bridgehead atoms. The van der Waals surface area contributed by atoms with Crippen LogP contribution < -0.4 is 5.56 Å². The van der Waals surface area contributed by atoms with Gasteiger partial charge in [0.2, 0.25) is 0 Å². The minimum absolute atomic E-state index is 0.137. The average molecular weight is 335 g/mol. The topological polar surface area (TPSA) is 55.1 Å². The zero-order valence-corrected chi connectivity index (χ0v) is 12.5. The molecule has 1 N–H and O–H groups in total. The number of halogens is 1. The first kappa shape index (κ1) is 13.5. The van der Waals surface area contributed by atoms with Crippen molar-refractivity contribution < 1.29 is 5.11 Å². The van der Waals surface area contributed by atoms with Crippen molar-refractivity contribution in [3.05, 3.63) is 62.0 Å². The van der Waals surface area contributed by atoms with Crippen molar-refractivity contribution in [3.8, 4) is 0 Å². The van der Waals surface area contributed by atoms with Gasteiger partial charge in [-0.2, -0.15) is 5.10 Å². The molecule has 20 heavy (non-hydrogen) atoms. The van der Waals surface area contributed by atoms with Gasteiger partial charge in [0.1, 0.15) is 0 Å². The summed E-state index contributed by atoms with van der Waals surface area (Å²) < 4.78 is 2.33. The van der Waals surface area contributed by atoms with Gasteiger partial charge in [-0.05, 0) is 42.5 Å². The molecule has 0 amide bonds. The van der Waals surface area contributed by atoms with E-state index in [0.717, 1.165) is 40.6 Å².